The summed E-state index contributed by atoms with van der Waals surface area (Å²) in [6.07, 6.45) is 0.981. The summed E-state index contributed by atoms with van der Waals surface area (Å²) in [6.45, 7) is 4.06. The van der Waals surface area contributed by atoms with Crippen LogP contribution in [0, 0.1) is 11.7 Å². The van der Waals surface area contributed by atoms with Crippen LogP contribution in [0.3, 0.4) is 0 Å². The Balaban J connectivity index is 2.29. The van der Waals surface area contributed by atoms with Gasteiger partial charge in [0.1, 0.15) is 17.6 Å². The molecular weight excluding hydrogens is 289 g/mol. The Morgan fingerprint density at radius 2 is 2.09 bits per heavy atom. The topological polar surface area (TPSA) is 75.6 Å². The average molecular weight is 311 g/mol. The fourth-order valence-corrected chi connectivity index (χ4v) is 1.94. The van der Waals surface area contributed by atoms with Gasteiger partial charge < -0.3 is 15.2 Å². The molecule has 22 heavy (non-hydrogen) atoms. The molecule has 0 spiro atoms. The molecule has 0 fully saturated rings. The molecule has 1 aromatic carbocycles. The Bertz CT molecular complexity index is 505. The summed E-state index contributed by atoms with van der Waals surface area (Å²) in [5.74, 6) is -1.15. The van der Waals surface area contributed by atoms with Gasteiger partial charge in [-0.25, -0.2) is 9.18 Å². The molecule has 0 bridgehead atoms. The lowest BCUT2D eigenvalue weighted by atomic mass is 10.0. The Labute approximate surface area is 129 Å². The van der Waals surface area contributed by atoms with Gasteiger partial charge in [-0.05, 0) is 30.9 Å². The van der Waals surface area contributed by atoms with E-state index in [-0.39, 0.29) is 30.7 Å². The van der Waals surface area contributed by atoms with Gasteiger partial charge in [0, 0.05) is 12.5 Å². The molecular formula is C16H22FNO4. The molecule has 0 aliphatic heterocycles. The smallest absolute Gasteiger partial charge is 0.326 e. The van der Waals surface area contributed by atoms with Crippen molar-refractivity contribution >= 4 is 11.9 Å². The highest BCUT2D eigenvalue weighted by Crippen LogP contribution is 2.12. The van der Waals surface area contributed by atoms with E-state index in [2.05, 4.69) is 5.32 Å². The lowest BCUT2D eigenvalue weighted by Gasteiger charge is -2.16. The summed E-state index contributed by atoms with van der Waals surface area (Å²) in [5.41, 5.74) is 0. The third-order valence-corrected chi connectivity index (χ3v) is 2.95. The molecule has 0 aliphatic carbocycles. The highest BCUT2D eigenvalue weighted by molar-refractivity contribution is 5.83. The summed E-state index contributed by atoms with van der Waals surface area (Å²) in [4.78, 5) is 22.8. The molecule has 6 heteroatoms. The maximum absolute atomic E-state index is 12.9. The maximum Gasteiger partial charge on any atom is 0.326 e. The number of aliphatic carboxylic acids is 1. The van der Waals surface area contributed by atoms with Gasteiger partial charge in [-0.1, -0.05) is 19.9 Å². The number of rotatable bonds is 9. The predicted octanol–water partition coefficient (Wildman–Crippen LogP) is 2.60. The van der Waals surface area contributed by atoms with Crippen LogP contribution in [0.2, 0.25) is 0 Å². The van der Waals surface area contributed by atoms with Crippen molar-refractivity contribution in [3.63, 3.8) is 0 Å². The molecule has 0 saturated carbocycles. The zero-order chi connectivity index (χ0) is 16.5. The monoisotopic (exact) mass is 311 g/mol. The molecule has 1 atom stereocenters. The van der Waals surface area contributed by atoms with Gasteiger partial charge in [-0.2, -0.15) is 0 Å². The first-order chi connectivity index (χ1) is 10.4. The summed E-state index contributed by atoms with van der Waals surface area (Å²) in [7, 11) is 0. The van der Waals surface area contributed by atoms with E-state index in [0.717, 1.165) is 0 Å². The molecule has 0 heterocycles. The second kappa shape index (κ2) is 9.02. The Hall–Kier alpha value is -2.11. The minimum atomic E-state index is -1.03. The molecule has 122 valence electrons. The molecule has 0 aromatic heterocycles. The van der Waals surface area contributed by atoms with Crippen molar-refractivity contribution in [1.82, 2.24) is 5.32 Å². The third-order valence-electron chi connectivity index (χ3n) is 2.95. The number of hydrogen-bond donors (Lipinski definition) is 2. The summed E-state index contributed by atoms with van der Waals surface area (Å²) >= 11 is 0. The highest BCUT2D eigenvalue weighted by Gasteiger charge is 2.20. The number of nitrogens with one attached hydrogen (secondary N) is 1. The predicted molar refractivity (Wildman–Crippen MR) is 80.2 cm³/mol. The molecule has 0 saturated heterocycles. The second-order valence-corrected chi connectivity index (χ2v) is 5.50. The standard InChI is InChI=1S/C16H22FNO4/c1-11(2)9-14(16(20)21)18-15(19)7-4-8-22-13-6-3-5-12(17)10-13/h3,5-6,10-11,14H,4,7-9H2,1-2H3,(H,18,19)(H,20,21). The Morgan fingerprint density at radius 1 is 1.36 bits per heavy atom. The zero-order valence-electron chi connectivity index (χ0n) is 12.8. The van der Waals surface area contributed by atoms with Crippen molar-refractivity contribution in [2.75, 3.05) is 6.61 Å². The molecule has 5 nitrogen and oxygen atoms in total. The van der Waals surface area contributed by atoms with Gasteiger partial charge in [0.05, 0.1) is 6.61 Å². The number of carboxylic acid groups (broad SMARTS) is 1. The number of ether oxygens (including phenoxy) is 1. The lowest BCUT2D eigenvalue weighted by molar-refractivity contribution is -0.142. The SMILES string of the molecule is CC(C)CC(NC(=O)CCCOc1cccc(F)c1)C(=O)O. The first-order valence-corrected chi connectivity index (χ1v) is 7.29. The summed E-state index contributed by atoms with van der Waals surface area (Å²) in [6, 6.07) is 4.90. The quantitative estimate of drug-likeness (QED) is 0.687. The van der Waals surface area contributed by atoms with Crippen molar-refractivity contribution in [1.29, 1.82) is 0 Å². The van der Waals surface area contributed by atoms with Crippen LogP contribution in [0.1, 0.15) is 33.1 Å². The van der Waals surface area contributed by atoms with Crippen LogP contribution in [0.25, 0.3) is 0 Å². The molecule has 1 unspecified atom stereocenters. The van der Waals surface area contributed by atoms with Crippen molar-refractivity contribution in [3.05, 3.63) is 30.1 Å². The zero-order valence-corrected chi connectivity index (χ0v) is 12.8. The van der Waals surface area contributed by atoms with Crippen molar-refractivity contribution in [2.24, 2.45) is 5.92 Å². The van der Waals surface area contributed by atoms with E-state index in [1.807, 2.05) is 13.8 Å². The van der Waals surface area contributed by atoms with E-state index in [0.29, 0.717) is 18.6 Å². The summed E-state index contributed by atoms with van der Waals surface area (Å²) in [5, 5.41) is 11.5. The third kappa shape index (κ3) is 7.06. The van der Waals surface area contributed by atoms with Gasteiger partial charge in [-0.15, -0.1) is 0 Å². The van der Waals surface area contributed by atoms with E-state index in [9.17, 15) is 14.0 Å². The van der Waals surface area contributed by atoms with E-state index in [1.165, 1.54) is 12.1 Å². The van der Waals surface area contributed by atoms with Crippen LogP contribution < -0.4 is 10.1 Å². The fraction of sp³-hybridized carbons (Fsp3) is 0.500. The van der Waals surface area contributed by atoms with E-state index >= 15 is 0 Å². The molecule has 0 radical (unpaired) electrons. The van der Waals surface area contributed by atoms with E-state index in [4.69, 9.17) is 9.84 Å². The molecule has 0 aliphatic rings. The van der Waals surface area contributed by atoms with Crippen LogP contribution in [0.5, 0.6) is 5.75 Å². The van der Waals surface area contributed by atoms with Crippen molar-refractivity contribution < 1.29 is 23.8 Å². The normalized spacial score (nSPS) is 12.0. The van der Waals surface area contributed by atoms with Crippen LogP contribution in [0.4, 0.5) is 4.39 Å². The summed E-state index contributed by atoms with van der Waals surface area (Å²) < 4.78 is 18.2. The number of amides is 1. The van der Waals surface area contributed by atoms with Crippen LogP contribution in [-0.4, -0.2) is 29.6 Å². The van der Waals surface area contributed by atoms with Gasteiger partial charge in [0.2, 0.25) is 5.91 Å². The number of carbonyl (C=O) groups is 2. The number of carboxylic acids is 1. The van der Waals surface area contributed by atoms with Gasteiger partial charge in [-0.3, -0.25) is 4.79 Å². The van der Waals surface area contributed by atoms with Gasteiger partial charge in [0.15, 0.2) is 0 Å². The fourth-order valence-electron chi connectivity index (χ4n) is 1.94. The van der Waals surface area contributed by atoms with Crippen LogP contribution in [0.15, 0.2) is 24.3 Å². The number of benzene rings is 1. The maximum atomic E-state index is 12.9. The van der Waals surface area contributed by atoms with E-state index < -0.39 is 12.0 Å². The van der Waals surface area contributed by atoms with Gasteiger partial charge >= 0.3 is 5.97 Å². The minimum Gasteiger partial charge on any atom is -0.493 e. The van der Waals surface area contributed by atoms with Gasteiger partial charge in [0.25, 0.3) is 0 Å². The molecule has 1 amide bonds. The second-order valence-electron chi connectivity index (χ2n) is 5.50. The minimum absolute atomic E-state index is 0.164. The Kier molecular flexibility index (Phi) is 7.36. The first kappa shape index (κ1) is 17.9. The highest BCUT2D eigenvalue weighted by atomic mass is 19.1. The number of halogens is 1. The first-order valence-electron chi connectivity index (χ1n) is 7.29. The molecule has 1 rings (SSSR count). The largest absolute Gasteiger partial charge is 0.493 e. The van der Waals surface area contributed by atoms with Crippen LogP contribution in [-0.2, 0) is 9.59 Å². The van der Waals surface area contributed by atoms with Crippen molar-refractivity contribution in [3.8, 4) is 5.75 Å². The number of carbonyl (C=O) groups excluding carboxylic acids is 1. The van der Waals surface area contributed by atoms with E-state index in [1.54, 1.807) is 12.1 Å². The van der Waals surface area contributed by atoms with Crippen molar-refractivity contribution in [2.45, 2.75) is 39.2 Å². The Morgan fingerprint density at radius 3 is 2.68 bits per heavy atom. The number of hydrogen-bond acceptors (Lipinski definition) is 3. The molecule has 1 aromatic rings. The average Bonchev–Trinajstić information content (AvgIpc) is 2.42. The lowest BCUT2D eigenvalue weighted by Crippen LogP contribution is -2.41. The molecule has 2 N–H and O–H groups in total. The van der Waals surface area contributed by atoms with Crippen LogP contribution >= 0.6 is 0 Å².